The van der Waals surface area contributed by atoms with Gasteiger partial charge in [-0.05, 0) is 33.1 Å². The Balaban J connectivity index is 0.000000861. The first kappa shape index (κ1) is 15.8. The van der Waals surface area contributed by atoms with E-state index in [-0.39, 0.29) is 18.3 Å². The summed E-state index contributed by atoms with van der Waals surface area (Å²) in [6.07, 6.45) is -4.02. The Morgan fingerprint density at radius 1 is 1.21 bits per heavy atom. The molecule has 0 bridgehead atoms. The number of rotatable bonds is 0. The molecule has 5 heteroatoms. The molecule has 1 atom stereocenters. The normalized spacial score (nSPS) is 18.4. The highest BCUT2D eigenvalue weighted by Crippen LogP contribution is 2.35. The highest BCUT2D eigenvalue weighted by atomic mass is 19.4. The Bertz CT molecular complexity index is 503. The molecule has 19 heavy (non-hydrogen) atoms. The van der Waals surface area contributed by atoms with Gasteiger partial charge in [-0.25, -0.2) is 0 Å². The summed E-state index contributed by atoms with van der Waals surface area (Å²) in [5, 5.41) is 0. The lowest BCUT2D eigenvalue weighted by Crippen LogP contribution is -2.33. The lowest BCUT2D eigenvalue weighted by atomic mass is 9.85. The number of aryl methyl sites for hydroxylation is 2. The first-order valence-corrected chi connectivity index (χ1v) is 6.58. The fourth-order valence-electron chi connectivity index (χ4n) is 2.30. The van der Waals surface area contributed by atoms with Crippen LogP contribution in [0.2, 0.25) is 0 Å². The van der Waals surface area contributed by atoms with E-state index in [1.165, 1.54) is 0 Å². The van der Waals surface area contributed by atoms with Crippen LogP contribution in [0.4, 0.5) is 13.2 Å². The summed E-state index contributed by atoms with van der Waals surface area (Å²) in [7, 11) is 0. The summed E-state index contributed by atoms with van der Waals surface area (Å²) in [5.74, 6) is -1.38. The van der Waals surface area contributed by atoms with Gasteiger partial charge >= 0.3 is 6.18 Å². The summed E-state index contributed by atoms with van der Waals surface area (Å²) in [6, 6.07) is 0. The second kappa shape index (κ2) is 5.80. The fourth-order valence-corrected chi connectivity index (χ4v) is 2.30. The van der Waals surface area contributed by atoms with E-state index in [1.807, 2.05) is 13.8 Å². The van der Waals surface area contributed by atoms with Crippen LogP contribution in [0, 0.1) is 19.8 Å². The summed E-state index contributed by atoms with van der Waals surface area (Å²) in [6.45, 7) is 7.42. The zero-order chi connectivity index (χ0) is 14.8. The van der Waals surface area contributed by atoms with Gasteiger partial charge in [-0.2, -0.15) is 13.2 Å². The van der Waals surface area contributed by atoms with Crippen molar-refractivity contribution in [2.24, 2.45) is 5.92 Å². The zero-order valence-corrected chi connectivity index (χ0v) is 11.7. The molecule has 1 aromatic heterocycles. The average Bonchev–Trinajstić information content (AvgIpc) is 2.37. The Labute approximate surface area is 111 Å². The first-order chi connectivity index (χ1) is 8.80. The summed E-state index contributed by atoms with van der Waals surface area (Å²) >= 11 is 0. The number of aromatic nitrogens is 1. The second-order valence-corrected chi connectivity index (χ2v) is 4.64. The predicted octanol–water partition coefficient (Wildman–Crippen LogP) is 3.69. The van der Waals surface area contributed by atoms with E-state index >= 15 is 0 Å². The number of nitrogens with one attached hydrogen (secondary N) is 1. The van der Waals surface area contributed by atoms with E-state index in [2.05, 4.69) is 4.98 Å². The van der Waals surface area contributed by atoms with Crippen LogP contribution in [0.25, 0.3) is 0 Å². The third kappa shape index (κ3) is 3.19. The molecule has 0 saturated carbocycles. The van der Waals surface area contributed by atoms with E-state index in [9.17, 15) is 18.0 Å². The van der Waals surface area contributed by atoms with Gasteiger partial charge in [0.1, 0.15) is 0 Å². The fraction of sp³-hybridized carbons (Fsp3) is 0.643. The minimum atomic E-state index is -4.21. The van der Waals surface area contributed by atoms with Crippen molar-refractivity contribution in [2.45, 2.75) is 53.1 Å². The van der Waals surface area contributed by atoms with Crippen LogP contribution >= 0.6 is 0 Å². The molecule has 1 N–H and O–H groups in total. The van der Waals surface area contributed by atoms with E-state index in [4.69, 9.17) is 0 Å². The van der Waals surface area contributed by atoms with Crippen LogP contribution < -0.4 is 5.43 Å². The van der Waals surface area contributed by atoms with Gasteiger partial charge in [0.15, 0.2) is 5.43 Å². The first-order valence-electron chi connectivity index (χ1n) is 6.58. The predicted molar refractivity (Wildman–Crippen MR) is 69.5 cm³/mol. The van der Waals surface area contributed by atoms with Crippen LogP contribution in [-0.4, -0.2) is 11.2 Å². The molecule has 0 saturated heterocycles. The molecule has 2 rings (SSSR count). The van der Waals surface area contributed by atoms with Crippen LogP contribution in [0.15, 0.2) is 4.79 Å². The van der Waals surface area contributed by atoms with Crippen molar-refractivity contribution in [3.63, 3.8) is 0 Å². The third-order valence-corrected chi connectivity index (χ3v) is 3.54. The van der Waals surface area contributed by atoms with Gasteiger partial charge in [-0.15, -0.1) is 0 Å². The van der Waals surface area contributed by atoms with Crippen LogP contribution in [0.1, 0.15) is 42.8 Å². The molecule has 0 amide bonds. The highest BCUT2D eigenvalue weighted by Gasteiger charge is 2.42. The number of fused-ring (bicyclic) bond motifs is 1. The topological polar surface area (TPSA) is 32.9 Å². The van der Waals surface area contributed by atoms with Crippen LogP contribution in [0.3, 0.4) is 0 Å². The third-order valence-electron chi connectivity index (χ3n) is 3.54. The maximum absolute atomic E-state index is 12.6. The van der Waals surface area contributed by atoms with E-state index < -0.39 is 12.1 Å². The standard InChI is InChI=1S/C12H14F3NO.C2H6/c1-6-7(2)16-10-4-3-8(12(13,14)15)5-9(10)11(6)17;1-2/h8H,3-5H2,1-2H3,(H,16,17);1-2H3. The quantitative estimate of drug-likeness (QED) is 0.769. The second-order valence-electron chi connectivity index (χ2n) is 4.64. The smallest absolute Gasteiger partial charge is 0.362 e. The zero-order valence-electron chi connectivity index (χ0n) is 11.7. The Morgan fingerprint density at radius 3 is 2.32 bits per heavy atom. The number of pyridine rings is 1. The van der Waals surface area contributed by atoms with E-state index in [0.717, 1.165) is 5.69 Å². The van der Waals surface area contributed by atoms with Crippen molar-refractivity contribution in [3.05, 3.63) is 32.7 Å². The lowest BCUT2D eigenvalue weighted by molar-refractivity contribution is -0.177. The molecular formula is C14H20F3NO. The van der Waals surface area contributed by atoms with Crippen LogP contribution in [0.5, 0.6) is 0 Å². The molecular weight excluding hydrogens is 255 g/mol. The summed E-state index contributed by atoms with van der Waals surface area (Å²) < 4.78 is 37.9. The minimum absolute atomic E-state index is 0.0644. The molecule has 1 unspecified atom stereocenters. The highest BCUT2D eigenvalue weighted by molar-refractivity contribution is 5.31. The lowest BCUT2D eigenvalue weighted by Gasteiger charge is -2.26. The molecule has 0 aromatic carbocycles. The van der Waals surface area contributed by atoms with Gasteiger partial charge in [0, 0.05) is 22.5 Å². The van der Waals surface area contributed by atoms with Crippen molar-refractivity contribution in [3.8, 4) is 0 Å². The van der Waals surface area contributed by atoms with Crippen molar-refractivity contribution < 1.29 is 13.2 Å². The van der Waals surface area contributed by atoms with Crippen molar-refractivity contribution in [1.29, 1.82) is 0 Å². The molecule has 1 aromatic rings. The maximum Gasteiger partial charge on any atom is 0.392 e. The minimum Gasteiger partial charge on any atom is -0.362 e. The van der Waals surface area contributed by atoms with Crippen molar-refractivity contribution in [1.82, 2.24) is 4.98 Å². The Hall–Kier alpha value is -1.26. The van der Waals surface area contributed by atoms with E-state index in [0.29, 0.717) is 23.2 Å². The molecule has 0 spiro atoms. The van der Waals surface area contributed by atoms with Crippen molar-refractivity contribution in [2.75, 3.05) is 0 Å². The molecule has 2 nitrogen and oxygen atoms in total. The van der Waals surface area contributed by atoms with Gasteiger partial charge in [0.2, 0.25) is 0 Å². The van der Waals surface area contributed by atoms with Crippen LogP contribution in [-0.2, 0) is 12.8 Å². The summed E-state index contributed by atoms with van der Waals surface area (Å²) in [4.78, 5) is 15.0. The SMILES string of the molecule is CC.Cc1[nH]c2c(c(=O)c1C)CC(C(F)(F)F)CC2. The summed E-state index contributed by atoms with van der Waals surface area (Å²) in [5.41, 5.74) is 2.04. The van der Waals surface area contributed by atoms with Gasteiger partial charge in [-0.3, -0.25) is 4.79 Å². The molecule has 1 aliphatic rings. The Morgan fingerprint density at radius 2 is 1.79 bits per heavy atom. The van der Waals surface area contributed by atoms with Gasteiger partial charge < -0.3 is 4.98 Å². The van der Waals surface area contributed by atoms with Crippen molar-refractivity contribution >= 4 is 0 Å². The number of halogens is 3. The van der Waals surface area contributed by atoms with Gasteiger partial charge in [0.05, 0.1) is 5.92 Å². The number of hydrogen-bond donors (Lipinski definition) is 1. The molecule has 0 fully saturated rings. The molecule has 0 aliphatic heterocycles. The number of hydrogen-bond acceptors (Lipinski definition) is 1. The Kier molecular flexibility index (Phi) is 4.82. The molecule has 0 radical (unpaired) electrons. The van der Waals surface area contributed by atoms with Gasteiger partial charge in [0.25, 0.3) is 0 Å². The monoisotopic (exact) mass is 275 g/mol. The average molecular weight is 275 g/mol. The van der Waals surface area contributed by atoms with Gasteiger partial charge in [-0.1, -0.05) is 13.8 Å². The number of alkyl halides is 3. The maximum atomic E-state index is 12.6. The largest absolute Gasteiger partial charge is 0.392 e. The number of H-pyrrole nitrogens is 1. The molecule has 1 heterocycles. The van der Waals surface area contributed by atoms with E-state index in [1.54, 1.807) is 13.8 Å². The molecule has 1 aliphatic carbocycles. The number of aromatic amines is 1. The molecule has 108 valence electrons.